The Kier molecular flexibility index (Phi) is 3.98. The molecule has 0 aliphatic heterocycles. The molecule has 24 heavy (non-hydrogen) atoms. The number of anilines is 1. The van der Waals surface area contributed by atoms with E-state index < -0.39 is 6.09 Å². The minimum absolute atomic E-state index is 0.111. The van der Waals surface area contributed by atoms with Crippen molar-refractivity contribution in [2.75, 3.05) is 12.4 Å². The minimum Gasteiger partial charge on any atom is -0.465 e. The fourth-order valence-electron chi connectivity index (χ4n) is 2.18. The molecule has 0 atom stereocenters. The first kappa shape index (κ1) is 15.3. The van der Waals surface area contributed by atoms with Crippen molar-refractivity contribution in [3.63, 3.8) is 0 Å². The number of fused-ring (bicyclic) bond motifs is 1. The summed E-state index contributed by atoms with van der Waals surface area (Å²) in [6.07, 6.45) is 1.63. The molecule has 1 aromatic carbocycles. The van der Waals surface area contributed by atoms with Gasteiger partial charge in [0.05, 0.1) is 5.52 Å². The summed E-state index contributed by atoms with van der Waals surface area (Å²) in [5.41, 5.74) is 0.734. The summed E-state index contributed by atoms with van der Waals surface area (Å²) in [7, 11) is 1.56. The lowest BCUT2D eigenvalue weighted by Crippen LogP contribution is -2.23. The predicted octanol–water partition coefficient (Wildman–Crippen LogP) is 2.50. The lowest BCUT2D eigenvalue weighted by molar-refractivity contribution is 0.209. The van der Waals surface area contributed by atoms with Gasteiger partial charge in [0.15, 0.2) is 0 Å². The summed E-state index contributed by atoms with van der Waals surface area (Å²) in [4.78, 5) is 30.1. The molecule has 3 rings (SSSR count). The van der Waals surface area contributed by atoms with Crippen LogP contribution in [0.4, 0.5) is 15.4 Å². The molecule has 9 heteroatoms. The summed E-state index contributed by atoms with van der Waals surface area (Å²) in [5.74, 6) is 0.801. The molecule has 9 nitrogen and oxygen atoms in total. The Morgan fingerprint density at radius 3 is 2.79 bits per heavy atom. The molecule has 0 unspecified atom stereocenters. The highest BCUT2D eigenvalue weighted by atomic mass is 16.5. The third-order valence-corrected chi connectivity index (χ3v) is 3.19. The predicted molar refractivity (Wildman–Crippen MR) is 85.5 cm³/mol. The maximum atomic E-state index is 11.7. The molecule has 0 saturated carbocycles. The van der Waals surface area contributed by atoms with E-state index in [1.807, 2.05) is 0 Å². The van der Waals surface area contributed by atoms with Crippen LogP contribution < -0.4 is 15.4 Å². The van der Waals surface area contributed by atoms with Gasteiger partial charge in [0, 0.05) is 24.7 Å². The van der Waals surface area contributed by atoms with E-state index >= 15 is 0 Å². The third kappa shape index (κ3) is 3.09. The molecule has 0 bridgehead atoms. The first-order valence-corrected chi connectivity index (χ1v) is 6.90. The molecule has 0 aliphatic rings. The molecular weight excluding hydrogens is 314 g/mol. The standard InChI is InChI=1S/C15H13N5O4/c1-16-14(21)20-5-4-9-6-10(2-3-11(9)20)24-13-7-12(17-8-18-13)19-15(22)23/h2-8H,1H3,(H,16,21)(H,22,23)(H,17,18,19). The molecule has 2 aromatic heterocycles. The Labute approximate surface area is 135 Å². The zero-order chi connectivity index (χ0) is 17.1. The number of hydrogen-bond acceptors (Lipinski definition) is 5. The fraction of sp³-hybridized carbons (Fsp3) is 0.0667. The Balaban J connectivity index is 1.86. The van der Waals surface area contributed by atoms with Gasteiger partial charge < -0.3 is 15.2 Å². The molecule has 2 heterocycles. The Morgan fingerprint density at radius 2 is 2.04 bits per heavy atom. The number of benzene rings is 1. The normalized spacial score (nSPS) is 10.4. The van der Waals surface area contributed by atoms with E-state index in [0.29, 0.717) is 5.75 Å². The third-order valence-electron chi connectivity index (χ3n) is 3.19. The van der Waals surface area contributed by atoms with Crippen molar-refractivity contribution >= 4 is 28.8 Å². The van der Waals surface area contributed by atoms with Gasteiger partial charge in [-0.3, -0.25) is 9.88 Å². The van der Waals surface area contributed by atoms with Gasteiger partial charge in [-0.2, -0.15) is 0 Å². The van der Waals surface area contributed by atoms with Crippen LogP contribution in [0.25, 0.3) is 10.9 Å². The molecule has 3 aromatic rings. The van der Waals surface area contributed by atoms with Crippen LogP contribution in [0.1, 0.15) is 0 Å². The molecular formula is C15H13N5O4. The first-order valence-electron chi connectivity index (χ1n) is 6.90. The number of carbonyl (C=O) groups is 2. The van der Waals surface area contributed by atoms with E-state index in [9.17, 15) is 9.59 Å². The van der Waals surface area contributed by atoms with E-state index in [4.69, 9.17) is 9.84 Å². The maximum absolute atomic E-state index is 11.7. The number of hydrogen-bond donors (Lipinski definition) is 3. The highest BCUT2D eigenvalue weighted by Crippen LogP contribution is 2.26. The lowest BCUT2D eigenvalue weighted by Gasteiger charge is -2.07. The van der Waals surface area contributed by atoms with Gasteiger partial charge in [0.1, 0.15) is 17.9 Å². The molecule has 0 aliphatic carbocycles. The average Bonchev–Trinajstić information content (AvgIpc) is 2.97. The summed E-state index contributed by atoms with van der Waals surface area (Å²) in [5, 5.41) is 14.2. The molecule has 3 N–H and O–H groups in total. The van der Waals surface area contributed by atoms with Crippen molar-refractivity contribution < 1.29 is 19.4 Å². The van der Waals surface area contributed by atoms with Crippen molar-refractivity contribution in [3.8, 4) is 11.6 Å². The van der Waals surface area contributed by atoms with Crippen LogP contribution in [-0.4, -0.2) is 38.8 Å². The van der Waals surface area contributed by atoms with E-state index in [-0.39, 0.29) is 17.7 Å². The number of carbonyl (C=O) groups excluding carboxylic acids is 1. The highest BCUT2D eigenvalue weighted by molar-refractivity contribution is 5.92. The van der Waals surface area contributed by atoms with E-state index in [1.54, 1.807) is 37.5 Å². The Morgan fingerprint density at radius 1 is 1.21 bits per heavy atom. The number of aromatic nitrogens is 3. The van der Waals surface area contributed by atoms with Crippen LogP contribution in [0.5, 0.6) is 11.6 Å². The van der Waals surface area contributed by atoms with Gasteiger partial charge in [-0.1, -0.05) is 0 Å². The first-order chi connectivity index (χ1) is 11.6. The second-order valence-electron chi connectivity index (χ2n) is 4.74. The highest BCUT2D eigenvalue weighted by Gasteiger charge is 2.09. The number of amides is 2. The number of ether oxygens (including phenoxy) is 1. The largest absolute Gasteiger partial charge is 0.465 e. The summed E-state index contributed by atoms with van der Waals surface area (Å²) < 4.78 is 7.10. The SMILES string of the molecule is CNC(=O)n1ccc2cc(Oc3cc(NC(=O)O)ncn3)ccc21. The van der Waals surface area contributed by atoms with Crippen molar-refractivity contribution in [2.24, 2.45) is 0 Å². The summed E-state index contributed by atoms with van der Waals surface area (Å²) >= 11 is 0. The Bertz CT molecular complexity index is 921. The Hall–Kier alpha value is -3.62. The zero-order valence-electron chi connectivity index (χ0n) is 12.6. The maximum Gasteiger partial charge on any atom is 0.410 e. The number of carboxylic acid groups (broad SMARTS) is 1. The van der Waals surface area contributed by atoms with Crippen LogP contribution in [0, 0.1) is 0 Å². The second kappa shape index (κ2) is 6.24. The van der Waals surface area contributed by atoms with Crippen molar-refractivity contribution in [3.05, 3.63) is 42.9 Å². The van der Waals surface area contributed by atoms with Crippen LogP contribution >= 0.6 is 0 Å². The fourth-order valence-corrected chi connectivity index (χ4v) is 2.18. The van der Waals surface area contributed by atoms with Gasteiger partial charge >= 0.3 is 12.1 Å². The topological polar surface area (TPSA) is 118 Å². The van der Waals surface area contributed by atoms with Crippen LogP contribution in [-0.2, 0) is 0 Å². The number of nitrogens with zero attached hydrogens (tertiary/aromatic N) is 3. The number of rotatable bonds is 3. The molecule has 0 fully saturated rings. The summed E-state index contributed by atoms with van der Waals surface area (Å²) in [6.45, 7) is 0. The van der Waals surface area contributed by atoms with Gasteiger partial charge in [-0.05, 0) is 24.3 Å². The van der Waals surface area contributed by atoms with E-state index in [2.05, 4.69) is 20.6 Å². The molecule has 0 spiro atoms. The van der Waals surface area contributed by atoms with Crippen LogP contribution in [0.3, 0.4) is 0 Å². The summed E-state index contributed by atoms with van der Waals surface area (Å²) in [6, 6.07) is 8.11. The monoisotopic (exact) mass is 327 g/mol. The van der Waals surface area contributed by atoms with Crippen LogP contribution in [0.15, 0.2) is 42.9 Å². The van der Waals surface area contributed by atoms with Crippen LogP contribution in [0.2, 0.25) is 0 Å². The second-order valence-corrected chi connectivity index (χ2v) is 4.74. The van der Waals surface area contributed by atoms with Crippen molar-refractivity contribution in [1.29, 1.82) is 0 Å². The average molecular weight is 327 g/mol. The lowest BCUT2D eigenvalue weighted by atomic mass is 10.2. The van der Waals surface area contributed by atoms with Gasteiger partial charge in [-0.15, -0.1) is 0 Å². The van der Waals surface area contributed by atoms with Crippen molar-refractivity contribution in [2.45, 2.75) is 0 Å². The van der Waals surface area contributed by atoms with Gasteiger partial charge in [0.2, 0.25) is 5.88 Å². The van der Waals surface area contributed by atoms with E-state index in [1.165, 1.54) is 17.0 Å². The molecule has 2 amide bonds. The minimum atomic E-state index is -1.23. The molecule has 0 saturated heterocycles. The number of nitrogens with one attached hydrogen (secondary N) is 2. The van der Waals surface area contributed by atoms with E-state index in [0.717, 1.165) is 10.9 Å². The zero-order valence-corrected chi connectivity index (χ0v) is 12.6. The quantitative estimate of drug-likeness (QED) is 0.680. The van der Waals surface area contributed by atoms with Crippen molar-refractivity contribution in [1.82, 2.24) is 19.9 Å². The van der Waals surface area contributed by atoms with Gasteiger partial charge in [0.25, 0.3) is 0 Å². The van der Waals surface area contributed by atoms with Gasteiger partial charge in [-0.25, -0.2) is 19.6 Å². The molecule has 122 valence electrons. The smallest absolute Gasteiger partial charge is 0.410 e. The molecule has 0 radical (unpaired) electrons.